The normalized spacial score (nSPS) is 10.0. The number of Topliss-reactive ketones (excluding diaryl/α,β-unsaturated/α-hetero) is 1. The first-order valence-electron chi connectivity index (χ1n) is 8.04. The minimum Gasteiger partial charge on any atom is -0.423 e. The van der Waals surface area contributed by atoms with Gasteiger partial charge in [-0.1, -0.05) is 30.3 Å². The molecule has 1 heterocycles. The van der Waals surface area contributed by atoms with Crippen LogP contribution < -0.4 is 4.74 Å². The number of ether oxygens (including phenoxy) is 1. The number of imidazole rings is 1. The predicted molar refractivity (Wildman–Crippen MR) is 101 cm³/mol. The summed E-state index contributed by atoms with van der Waals surface area (Å²) in [5.74, 6) is 0.254. The maximum absolute atomic E-state index is 12.0. The van der Waals surface area contributed by atoms with E-state index in [-0.39, 0.29) is 24.2 Å². The van der Waals surface area contributed by atoms with Crippen LogP contribution >= 0.6 is 12.4 Å². The summed E-state index contributed by atoms with van der Waals surface area (Å²) in [6.07, 6.45) is 6.17. The Morgan fingerprint density at radius 3 is 2.38 bits per heavy atom. The number of nitrogens with zero attached hydrogens (tertiary/aromatic N) is 2. The summed E-state index contributed by atoms with van der Waals surface area (Å²) in [7, 11) is 0. The number of esters is 1. The third kappa shape index (κ3) is 5.57. The maximum Gasteiger partial charge on any atom is 0.343 e. The summed E-state index contributed by atoms with van der Waals surface area (Å²) in [5, 5.41) is 0. The van der Waals surface area contributed by atoms with Gasteiger partial charge < -0.3 is 9.30 Å². The Kier molecular flexibility index (Phi) is 7.12. The number of hydrogen-bond donors (Lipinski definition) is 0. The van der Waals surface area contributed by atoms with Gasteiger partial charge in [0.15, 0.2) is 5.78 Å². The topological polar surface area (TPSA) is 61.2 Å². The average Bonchev–Trinajstić information content (AvgIpc) is 3.15. The molecule has 3 aromatic rings. The van der Waals surface area contributed by atoms with Crippen molar-refractivity contribution in [1.29, 1.82) is 0 Å². The lowest BCUT2D eigenvalue weighted by Gasteiger charge is -2.06. The van der Waals surface area contributed by atoms with Crippen molar-refractivity contribution in [3.63, 3.8) is 0 Å². The van der Waals surface area contributed by atoms with E-state index in [9.17, 15) is 9.59 Å². The van der Waals surface area contributed by atoms with Crippen molar-refractivity contribution in [2.45, 2.75) is 19.4 Å². The van der Waals surface area contributed by atoms with Gasteiger partial charge >= 0.3 is 5.97 Å². The van der Waals surface area contributed by atoms with Gasteiger partial charge in [-0.3, -0.25) is 4.79 Å². The van der Waals surface area contributed by atoms with Crippen LogP contribution in [-0.2, 0) is 17.8 Å². The molecule has 0 amide bonds. The van der Waals surface area contributed by atoms with E-state index in [2.05, 4.69) is 4.98 Å². The average molecular weight is 371 g/mol. The molecule has 0 N–H and O–H groups in total. The molecule has 134 valence electrons. The van der Waals surface area contributed by atoms with Crippen molar-refractivity contribution in [2.75, 3.05) is 0 Å². The second-order valence-electron chi connectivity index (χ2n) is 5.67. The van der Waals surface area contributed by atoms with Crippen LogP contribution in [0.2, 0.25) is 0 Å². The zero-order chi connectivity index (χ0) is 17.5. The SMILES string of the molecule is Cl.O=C(CCc1ccc(OC(=O)c2ccccc2)cc1)Cn1ccnc1. The number of rotatable bonds is 7. The largest absolute Gasteiger partial charge is 0.423 e. The Labute approximate surface area is 158 Å². The molecular formula is C20H19ClN2O3. The van der Waals surface area contributed by atoms with Crippen molar-refractivity contribution < 1.29 is 14.3 Å². The zero-order valence-corrected chi connectivity index (χ0v) is 14.9. The van der Waals surface area contributed by atoms with Crippen LogP contribution in [0, 0.1) is 0 Å². The second-order valence-corrected chi connectivity index (χ2v) is 5.67. The van der Waals surface area contributed by atoms with Crippen LogP contribution in [0.25, 0.3) is 0 Å². The Bertz CT molecular complexity index is 831. The van der Waals surface area contributed by atoms with E-state index in [1.165, 1.54) is 0 Å². The number of ketones is 1. The fourth-order valence-corrected chi connectivity index (χ4v) is 2.41. The van der Waals surface area contributed by atoms with Crippen LogP contribution in [0.5, 0.6) is 5.75 Å². The van der Waals surface area contributed by atoms with Gasteiger partial charge in [0.05, 0.1) is 18.4 Å². The maximum atomic E-state index is 12.0. The third-order valence-electron chi connectivity index (χ3n) is 3.75. The molecule has 1 aromatic heterocycles. The summed E-state index contributed by atoms with van der Waals surface area (Å²) in [5.41, 5.74) is 1.54. The first-order chi connectivity index (χ1) is 12.2. The van der Waals surface area contributed by atoms with Crippen molar-refractivity contribution >= 4 is 24.2 Å². The molecule has 0 aliphatic heterocycles. The van der Waals surface area contributed by atoms with E-state index in [1.54, 1.807) is 59.7 Å². The highest BCUT2D eigenvalue weighted by atomic mass is 35.5. The molecule has 0 unspecified atom stereocenters. The molecule has 0 bridgehead atoms. The number of halogens is 1. The molecule has 0 atom stereocenters. The van der Waals surface area contributed by atoms with Crippen molar-refractivity contribution in [3.05, 3.63) is 84.4 Å². The molecule has 5 nitrogen and oxygen atoms in total. The van der Waals surface area contributed by atoms with Gasteiger partial charge in [-0.05, 0) is 36.2 Å². The molecular weight excluding hydrogens is 352 g/mol. The molecule has 0 radical (unpaired) electrons. The molecule has 6 heteroatoms. The van der Waals surface area contributed by atoms with Crippen LogP contribution in [0.1, 0.15) is 22.3 Å². The molecule has 0 saturated carbocycles. The lowest BCUT2D eigenvalue weighted by atomic mass is 10.1. The highest BCUT2D eigenvalue weighted by Crippen LogP contribution is 2.15. The van der Waals surface area contributed by atoms with Gasteiger partial charge in [-0.25, -0.2) is 9.78 Å². The van der Waals surface area contributed by atoms with Gasteiger partial charge in [0.1, 0.15) is 5.75 Å². The zero-order valence-electron chi connectivity index (χ0n) is 14.1. The first-order valence-corrected chi connectivity index (χ1v) is 8.04. The van der Waals surface area contributed by atoms with Gasteiger partial charge in [0.25, 0.3) is 0 Å². The van der Waals surface area contributed by atoms with Gasteiger partial charge in [0.2, 0.25) is 0 Å². The number of hydrogen-bond acceptors (Lipinski definition) is 4. The summed E-state index contributed by atoms with van der Waals surface area (Å²) < 4.78 is 7.09. The van der Waals surface area contributed by atoms with Crippen LogP contribution in [0.15, 0.2) is 73.3 Å². The summed E-state index contributed by atoms with van der Waals surface area (Å²) >= 11 is 0. The van der Waals surface area contributed by atoms with E-state index < -0.39 is 0 Å². The lowest BCUT2D eigenvalue weighted by molar-refractivity contribution is -0.119. The van der Waals surface area contributed by atoms with Crippen molar-refractivity contribution in [2.24, 2.45) is 0 Å². The van der Waals surface area contributed by atoms with E-state index >= 15 is 0 Å². The number of aryl methyl sites for hydroxylation is 1. The van der Waals surface area contributed by atoms with Gasteiger partial charge in [-0.15, -0.1) is 12.4 Å². The van der Waals surface area contributed by atoms with Gasteiger partial charge in [0, 0.05) is 18.8 Å². The van der Waals surface area contributed by atoms with E-state index in [1.807, 2.05) is 18.2 Å². The number of benzene rings is 2. The number of carbonyl (C=O) groups excluding carboxylic acids is 2. The fraction of sp³-hybridized carbons (Fsp3) is 0.150. The molecule has 2 aromatic carbocycles. The predicted octanol–water partition coefficient (Wildman–Crippen LogP) is 3.73. The highest BCUT2D eigenvalue weighted by Gasteiger charge is 2.08. The molecule has 26 heavy (non-hydrogen) atoms. The Morgan fingerprint density at radius 2 is 1.73 bits per heavy atom. The van der Waals surface area contributed by atoms with Crippen LogP contribution in [-0.4, -0.2) is 21.3 Å². The summed E-state index contributed by atoms with van der Waals surface area (Å²) in [6.45, 7) is 0.340. The van der Waals surface area contributed by atoms with Gasteiger partial charge in [-0.2, -0.15) is 0 Å². The van der Waals surface area contributed by atoms with E-state index in [4.69, 9.17) is 4.74 Å². The monoisotopic (exact) mass is 370 g/mol. The molecule has 0 aliphatic carbocycles. The fourth-order valence-electron chi connectivity index (χ4n) is 2.41. The van der Waals surface area contributed by atoms with E-state index in [0.717, 1.165) is 5.56 Å². The number of carbonyl (C=O) groups is 2. The first kappa shape index (κ1) is 19.4. The van der Waals surface area contributed by atoms with Crippen LogP contribution in [0.3, 0.4) is 0 Å². The molecule has 0 saturated heterocycles. The van der Waals surface area contributed by atoms with Crippen molar-refractivity contribution in [3.8, 4) is 5.75 Å². The summed E-state index contributed by atoms with van der Waals surface area (Å²) in [4.78, 5) is 27.8. The Hall–Kier alpha value is -2.92. The van der Waals surface area contributed by atoms with Crippen molar-refractivity contribution in [1.82, 2.24) is 9.55 Å². The minimum absolute atomic E-state index is 0. The molecule has 0 spiro atoms. The quantitative estimate of drug-likeness (QED) is 0.469. The molecule has 0 fully saturated rings. The minimum atomic E-state index is -0.385. The standard InChI is InChI=1S/C20H18N2O3.ClH/c23-18(14-22-13-12-21-15-22)9-6-16-7-10-19(11-8-16)25-20(24)17-4-2-1-3-5-17;/h1-5,7-8,10-13,15H,6,9,14H2;1H. The second kappa shape index (κ2) is 9.53. The molecule has 0 aliphatic rings. The van der Waals surface area contributed by atoms with Crippen LogP contribution in [0.4, 0.5) is 0 Å². The Morgan fingerprint density at radius 1 is 1.00 bits per heavy atom. The lowest BCUT2D eigenvalue weighted by Crippen LogP contribution is -2.09. The summed E-state index contributed by atoms with van der Waals surface area (Å²) in [6, 6.07) is 16.1. The third-order valence-corrected chi connectivity index (χ3v) is 3.75. The Balaban J connectivity index is 0.00000243. The molecule has 3 rings (SSSR count). The number of aromatic nitrogens is 2. The smallest absolute Gasteiger partial charge is 0.343 e. The van der Waals surface area contributed by atoms with E-state index in [0.29, 0.717) is 30.7 Å². The highest BCUT2D eigenvalue weighted by molar-refractivity contribution is 5.90.